The van der Waals surface area contributed by atoms with Gasteiger partial charge in [0, 0.05) is 38.2 Å². The highest BCUT2D eigenvalue weighted by Gasteiger charge is 2.39. The van der Waals surface area contributed by atoms with E-state index in [0.717, 1.165) is 0 Å². The lowest BCUT2D eigenvalue weighted by molar-refractivity contribution is -0.155. The summed E-state index contributed by atoms with van der Waals surface area (Å²) < 4.78 is 52.4. The number of thioether (sulfide) groups is 1. The third-order valence-electron chi connectivity index (χ3n) is 4.35. The van der Waals surface area contributed by atoms with E-state index in [4.69, 9.17) is 22.6 Å². The first-order valence-electron chi connectivity index (χ1n) is 11.0. The summed E-state index contributed by atoms with van der Waals surface area (Å²) in [4.78, 5) is 24.3. The molecule has 33 heavy (non-hydrogen) atoms. The number of aliphatic hydroxyl groups is 1. The number of hydrogen-bond acceptors (Lipinski definition) is 10. The zero-order valence-electron chi connectivity index (χ0n) is 20.0. The van der Waals surface area contributed by atoms with Crippen molar-refractivity contribution in [2.24, 2.45) is 5.41 Å². The zero-order valence-corrected chi connectivity index (χ0v) is 22.6. The summed E-state index contributed by atoms with van der Waals surface area (Å²) >= 11 is 1.18. The Kier molecular flexibility index (Phi) is 16.4. The van der Waals surface area contributed by atoms with E-state index in [1.807, 2.05) is 20.8 Å². The summed E-state index contributed by atoms with van der Waals surface area (Å²) in [6.07, 6.45) is 0.578. The van der Waals surface area contributed by atoms with Crippen molar-refractivity contribution in [2.45, 2.75) is 46.6 Å². The fourth-order valence-electron chi connectivity index (χ4n) is 2.70. The molecule has 0 aliphatic heterocycles. The molecule has 0 aliphatic rings. The van der Waals surface area contributed by atoms with Crippen molar-refractivity contribution in [3.05, 3.63) is 0 Å². The molecular formula is C19H39NO10S2Si. The molecule has 0 aromatic carbocycles. The Balaban J connectivity index is 4.36. The van der Waals surface area contributed by atoms with Gasteiger partial charge in [-0.25, -0.2) is 0 Å². The van der Waals surface area contributed by atoms with Crippen LogP contribution >= 0.6 is 11.8 Å². The van der Waals surface area contributed by atoms with Gasteiger partial charge in [-0.3, -0.25) is 14.1 Å². The van der Waals surface area contributed by atoms with E-state index in [1.54, 1.807) is 0 Å². The van der Waals surface area contributed by atoms with Crippen molar-refractivity contribution in [2.75, 3.05) is 56.8 Å². The van der Waals surface area contributed by atoms with E-state index in [0.29, 0.717) is 38.8 Å². The molecule has 0 saturated heterocycles. The van der Waals surface area contributed by atoms with Crippen molar-refractivity contribution < 1.29 is 45.7 Å². The Labute approximate surface area is 202 Å². The van der Waals surface area contributed by atoms with E-state index < -0.39 is 42.7 Å². The maximum atomic E-state index is 12.2. The third kappa shape index (κ3) is 14.3. The molecule has 0 aliphatic carbocycles. The SMILES string of the molecule is CCO[Si](CCCNC(=O)CSCC(C)(CO)C(=O)OCCCS(=O)(=O)O)(OCC)OCC. The molecule has 0 fully saturated rings. The molecule has 3 N–H and O–H groups in total. The molecule has 0 aromatic rings. The lowest BCUT2D eigenvalue weighted by Crippen LogP contribution is -2.46. The van der Waals surface area contributed by atoms with Gasteiger partial charge in [-0.1, -0.05) is 0 Å². The molecule has 0 aromatic heterocycles. The Morgan fingerprint density at radius 3 is 2.12 bits per heavy atom. The first-order valence-corrected chi connectivity index (χ1v) is 15.7. The Morgan fingerprint density at radius 2 is 1.64 bits per heavy atom. The van der Waals surface area contributed by atoms with Crippen LogP contribution in [0.1, 0.15) is 40.5 Å². The first kappa shape index (κ1) is 32.3. The Bertz CT molecular complexity index is 662. The second-order valence-corrected chi connectivity index (χ2v) is 12.7. The molecule has 1 unspecified atom stereocenters. The van der Waals surface area contributed by atoms with Crippen molar-refractivity contribution in [1.82, 2.24) is 5.32 Å². The first-order chi connectivity index (χ1) is 15.5. The fourth-order valence-corrected chi connectivity index (χ4v) is 6.85. The van der Waals surface area contributed by atoms with Gasteiger partial charge < -0.3 is 28.4 Å². The number of aliphatic hydroxyl groups excluding tert-OH is 1. The predicted molar refractivity (Wildman–Crippen MR) is 128 cm³/mol. The second-order valence-electron chi connectivity index (χ2n) is 7.42. The molecule has 1 amide bonds. The average molecular weight is 534 g/mol. The number of ether oxygens (including phenoxy) is 1. The molecule has 14 heteroatoms. The minimum absolute atomic E-state index is 0.0539. The molecule has 0 radical (unpaired) electrons. The number of nitrogens with one attached hydrogen (secondary N) is 1. The van der Waals surface area contributed by atoms with E-state index in [2.05, 4.69) is 5.32 Å². The van der Waals surface area contributed by atoms with E-state index in [-0.39, 0.29) is 30.4 Å². The van der Waals surface area contributed by atoms with Crippen molar-refractivity contribution in [3.8, 4) is 0 Å². The predicted octanol–water partition coefficient (Wildman–Crippen LogP) is 1.09. The summed E-state index contributed by atoms with van der Waals surface area (Å²) in [5.41, 5.74) is -1.24. The molecule has 196 valence electrons. The maximum absolute atomic E-state index is 12.2. The van der Waals surface area contributed by atoms with Gasteiger partial charge in [-0.2, -0.15) is 20.2 Å². The largest absolute Gasteiger partial charge is 0.500 e. The van der Waals surface area contributed by atoms with Gasteiger partial charge >= 0.3 is 14.8 Å². The van der Waals surface area contributed by atoms with Gasteiger partial charge in [0.2, 0.25) is 5.91 Å². The number of carbonyl (C=O) groups is 2. The summed E-state index contributed by atoms with van der Waals surface area (Å²) in [6.45, 7) is 8.35. The minimum atomic E-state index is -4.12. The van der Waals surface area contributed by atoms with Crippen LogP contribution in [-0.4, -0.2) is 95.6 Å². The van der Waals surface area contributed by atoms with E-state index in [1.165, 1.54) is 18.7 Å². The number of esters is 1. The van der Waals surface area contributed by atoms with Crippen LogP contribution in [0.2, 0.25) is 6.04 Å². The Morgan fingerprint density at radius 1 is 1.06 bits per heavy atom. The van der Waals surface area contributed by atoms with Crippen LogP contribution in [-0.2, 0) is 37.7 Å². The lowest BCUT2D eigenvalue weighted by atomic mass is 9.95. The van der Waals surface area contributed by atoms with Crippen LogP contribution in [0.25, 0.3) is 0 Å². The number of carbonyl (C=O) groups excluding carboxylic acids is 2. The maximum Gasteiger partial charge on any atom is 0.500 e. The summed E-state index contributed by atoms with van der Waals surface area (Å²) in [6, 6.07) is 0.585. The molecule has 0 heterocycles. The van der Waals surface area contributed by atoms with Gasteiger partial charge in [0.25, 0.3) is 10.1 Å². The van der Waals surface area contributed by atoms with Crippen LogP contribution in [0.5, 0.6) is 0 Å². The summed E-state index contributed by atoms with van der Waals surface area (Å²) in [5, 5.41) is 12.4. The highest BCUT2D eigenvalue weighted by atomic mass is 32.2. The topological polar surface area (TPSA) is 158 Å². The monoisotopic (exact) mass is 533 g/mol. The molecule has 0 saturated carbocycles. The van der Waals surface area contributed by atoms with Gasteiger partial charge in [0.15, 0.2) is 0 Å². The van der Waals surface area contributed by atoms with E-state index in [9.17, 15) is 23.1 Å². The lowest BCUT2D eigenvalue weighted by Gasteiger charge is -2.28. The molecule has 1 atom stereocenters. The third-order valence-corrected chi connectivity index (χ3v) is 9.61. The van der Waals surface area contributed by atoms with Crippen LogP contribution in [0.4, 0.5) is 0 Å². The molecular weight excluding hydrogens is 494 g/mol. The van der Waals surface area contributed by atoms with Crippen LogP contribution in [0.15, 0.2) is 0 Å². The number of hydrogen-bond donors (Lipinski definition) is 3. The molecule has 0 rings (SSSR count). The van der Waals surface area contributed by atoms with Crippen molar-refractivity contribution >= 4 is 42.6 Å². The van der Waals surface area contributed by atoms with Crippen molar-refractivity contribution in [1.29, 1.82) is 0 Å². The van der Waals surface area contributed by atoms with Gasteiger partial charge in [0.05, 0.1) is 30.1 Å². The second kappa shape index (κ2) is 16.8. The van der Waals surface area contributed by atoms with Gasteiger partial charge in [-0.15, -0.1) is 0 Å². The number of rotatable bonds is 20. The quantitative estimate of drug-likeness (QED) is 0.0890. The Hall–Kier alpha value is -0.743. The van der Waals surface area contributed by atoms with Crippen LogP contribution in [0.3, 0.4) is 0 Å². The minimum Gasteiger partial charge on any atom is -0.465 e. The smallest absolute Gasteiger partial charge is 0.465 e. The zero-order chi connectivity index (χ0) is 25.4. The van der Waals surface area contributed by atoms with Gasteiger partial charge in [0.1, 0.15) is 0 Å². The summed E-state index contributed by atoms with van der Waals surface area (Å²) in [5.74, 6) is -1.19. The standard InChI is InChI=1S/C19H39NO10S2Si/c1-5-28-33(29-6-2,30-7-3)13-8-10-20-17(22)14-31-16-19(4,15-21)18(23)27-11-9-12-32(24,25)26/h21H,5-16H2,1-4H3,(H,20,22)(H,24,25,26). The average Bonchev–Trinajstić information content (AvgIpc) is 2.74. The van der Waals surface area contributed by atoms with Crippen LogP contribution in [0, 0.1) is 5.41 Å². The van der Waals surface area contributed by atoms with Gasteiger partial charge in [-0.05, 0) is 40.5 Å². The summed E-state index contributed by atoms with van der Waals surface area (Å²) in [7, 11) is -6.86. The van der Waals surface area contributed by atoms with Crippen LogP contribution < -0.4 is 5.32 Å². The number of amides is 1. The molecule has 0 bridgehead atoms. The highest BCUT2D eigenvalue weighted by molar-refractivity contribution is 8.00. The normalized spacial score (nSPS) is 14.0. The fraction of sp³-hybridized carbons (Fsp3) is 0.895. The molecule has 0 spiro atoms. The highest BCUT2D eigenvalue weighted by Crippen LogP contribution is 2.24. The van der Waals surface area contributed by atoms with Crippen molar-refractivity contribution in [3.63, 3.8) is 0 Å². The van der Waals surface area contributed by atoms with E-state index >= 15 is 0 Å². The molecule has 11 nitrogen and oxygen atoms in total.